The second-order valence-corrected chi connectivity index (χ2v) is 4.21. The van der Waals surface area contributed by atoms with E-state index in [1.165, 1.54) is 12.3 Å². The van der Waals surface area contributed by atoms with E-state index >= 15 is 0 Å². The Labute approximate surface area is 104 Å². The lowest BCUT2D eigenvalue weighted by Crippen LogP contribution is -2.39. The lowest BCUT2D eigenvalue weighted by molar-refractivity contribution is -0.122. The van der Waals surface area contributed by atoms with Crippen molar-refractivity contribution in [2.24, 2.45) is 11.7 Å². The largest absolute Gasteiger partial charge is 0.477 e. The molecule has 7 nitrogen and oxygen atoms in total. The highest BCUT2D eigenvalue weighted by molar-refractivity contribution is 5.85. The number of piperidine rings is 1. The van der Waals surface area contributed by atoms with Gasteiger partial charge in [-0.2, -0.15) is 0 Å². The maximum Gasteiger partial charge on any atom is 0.354 e. The fraction of sp³-hybridized carbons (Fsp3) is 0.455. The summed E-state index contributed by atoms with van der Waals surface area (Å²) in [5.74, 6) is -1.08. The Morgan fingerprint density at radius 2 is 2.06 bits per heavy atom. The number of rotatable bonds is 3. The van der Waals surface area contributed by atoms with Gasteiger partial charge in [0.25, 0.3) is 0 Å². The Bertz CT molecular complexity index is 469. The number of hydrogen-bond acceptors (Lipinski definition) is 5. The van der Waals surface area contributed by atoms with Crippen molar-refractivity contribution in [2.45, 2.75) is 12.8 Å². The van der Waals surface area contributed by atoms with Crippen LogP contribution in [0.25, 0.3) is 0 Å². The molecule has 1 aromatic rings. The molecular formula is C11H14N4O3. The third-order valence-corrected chi connectivity index (χ3v) is 3.04. The molecule has 1 aliphatic rings. The second kappa shape index (κ2) is 4.99. The molecule has 0 radical (unpaired) electrons. The fourth-order valence-corrected chi connectivity index (χ4v) is 1.98. The van der Waals surface area contributed by atoms with Gasteiger partial charge in [0.1, 0.15) is 0 Å². The molecule has 1 amide bonds. The zero-order chi connectivity index (χ0) is 13.1. The van der Waals surface area contributed by atoms with Gasteiger partial charge in [0.15, 0.2) is 5.69 Å². The van der Waals surface area contributed by atoms with E-state index in [-0.39, 0.29) is 17.5 Å². The van der Waals surface area contributed by atoms with E-state index in [4.69, 9.17) is 10.8 Å². The van der Waals surface area contributed by atoms with Gasteiger partial charge in [0.05, 0.1) is 0 Å². The Hall–Kier alpha value is -2.18. The van der Waals surface area contributed by atoms with Crippen molar-refractivity contribution >= 4 is 17.8 Å². The lowest BCUT2D eigenvalue weighted by Gasteiger charge is -2.30. The van der Waals surface area contributed by atoms with Crippen LogP contribution in [-0.2, 0) is 4.79 Å². The van der Waals surface area contributed by atoms with Gasteiger partial charge in [-0.15, -0.1) is 0 Å². The first kappa shape index (κ1) is 12.3. The van der Waals surface area contributed by atoms with Gasteiger partial charge >= 0.3 is 5.97 Å². The molecule has 0 aromatic carbocycles. The van der Waals surface area contributed by atoms with E-state index in [2.05, 4.69) is 9.97 Å². The molecule has 7 heteroatoms. The van der Waals surface area contributed by atoms with Gasteiger partial charge in [-0.25, -0.2) is 14.8 Å². The van der Waals surface area contributed by atoms with Gasteiger partial charge < -0.3 is 15.7 Å². The molecule has 1 fully saturated rings. The van der Waals surface area contributed by atoms with Gasteiger partial charge in [-0.3, -0.25) is 4.79 Å². The number of carbonyl (C=O) groups excluding carboxylic acids is 1. The smallest absolute Gasteiger partial charge is 0.354 e. The van der Waals surface area contributed by atoms with Gasteiger partial charge in [0, 0.05) is 25.2 Å². The van der Waals surface area contributed by atoms with Crippen LogP contribution in [0, 0.1) is 5.92 Å². The van der Waals surface area contributed by atoms with Crippen LogP contribution in [-0.4, -0.2) is 40.0 Å². The molecule has 18 heavy (non-hydrogen) atoms. The summed E-state index contributed by atoms with van der Waals surface area (Å²) in [7, 11) is 0. The number of anilines is 1. The van der Waals surface area contributed by atoms with E-state index in [0.717, 1.165) is 0 Å². The van der Waals surface area contributed by atoms with Crippen LogP contribution >= 0.6 is 0 Å². The van der Waals surface area contributed by atoms with Crippen LogP contribution in [0.1, 0.15) is 23.3 Å². The maximum absolute atomic E-state index is 11.0. The van der Waals surface area contributed by atoms with Crippen molar-refractivity contribution in [2.75, 3.05) is 18.0 Å². The molecule has 1 aliphatic heterocycles. The fourth-order valence-electron chi connectivity index (χ4n) is 1.98. The first-order chi connectivity index (χ1) is 8.58. The molecule has 96 valence electrons. The second-order valence-electron chi connectivity index (χ2n) is 4.21. The topological polar surface area (TPSA) is 109 Å². The third-order valence-electron chi connectivity index (χ3n) is 3.04. The predicted molar refractivity (Wildman–Crippen MR) is 63.1 cm³/mol. The number of carboxylic acid groups (broad SMARTS) is 1. The van der Waals surface area contributed by atoms with Crippen molar-refractivity contribution < 1.29 is 14.7 Å². The number of hydrogen-bond donors (Lipinski definition) is 2. The van der Waals surface area contributed by atoms with Crippen LogP contribution in [0.15, 0.2) is 12.3 Å². The number of amides is 1. The highest BCUT2D eigenvalue weighted by Crippen LogP contribution is 2.20. The number of aromatic nitrogens is 2. The molecule has 3 N–H and O–H groups in total. The van der Waals surface area contributed by atoms with Gasteiger partial charge in [-0.05, 0) is 18.9 Å². The molecule has 1 saturated heterocycles. The SMILES string of the molecule is NC(=O)C1CCN(c2nccc(C(=O)O)n2)CC1. The van der Waals surface area contributed by atoms with Crippen molar-refractivity contribution in [3.63, 3.8) is 0 Å². The van der Waals surface area contributed by atoms with Crippen molar-refractivity contribution in [1.82, 2.24) is 9.97 Å². The minimum atomic E-state index is -1.08. The summed E-state index contributed by atoms with van der Waals surface area (Å²) >= 11 is 0. The Morgan fingerprint density at radius 1 is 1.39 bits per heavy atom. The average molecular weight is 250 g/mol. The summed E-state index contributed by atoms with van der Waals surface area (Å²) in [6, 6.07) is 1.35. The molecule has 0 bridgehead atoms. The zero-order valence-electron chi connectivity index (χ0n) is 9.74. The van der Waals surface area contributed by atoms with Gasteiger partial charge in [0.2, 0.25) is 11.9 Å². The standard InChI is InChI=1S/C11H14N4O3/c12-9(16)7-2-5-15(6-3-7)11-13-4-1-8(14-11)10(17)18/h1,4,7H,2-3,5-6H2,(H2,12,16)(H,17,18). The lowest BCUT2D eigenvalue weighted by atomic mass is 9.96. The van der Waals surface area contributed by atoms with Crippen molar-refractivity contribution in [1.29, 1.82) is 0 Å². The van der Waals surface area contributed by atoms with Crippen LogP contribution in [0.3, 0.4) is 0 Å². The molecule has 0 saturated carbocycles. The zero-order valence-corrected chi connectivity index (χ0v) is 9.74. The highest BCUT2D eigenvalue weighted by atomic mass is 16.4. The van der Waals surface area contributed by atoms with Crippen LogP contribution in [0.5, 0.6) is 0 Å². The summed E-state index contributed by atoms with van der Waals surface area (Å²) in [5, 5.41) is 8.85. The van der Waals surface area contributed by atoms with Gasteiger partial charge in [-0.1, -0.05) is 0 Å². The molecule has 2 heterocycles. The molecule has 2 rings (SSSR count). The molecule has 0 unspecified atom stereocenters. The van der Waals surface area contributed by atoms with E-state index in [9.17, 15) is 9.59 Å². The van der Waals surface area contributed by atoms with Crippen LogP contribution in [0.4, 0.5) is 5.95 Å². The maximum atomic E-state index is 11.0. The normalized spacial score (nSPS) is 16.6. The summed E-state index contributed by atoms with van der Waals surface area (Å²) in [4.78, 5) is 31.7. The number of carboxylic acids is 1. The first-order valence-corrected chi connectivity index (χ1v) is 5.68. The number of nitrogens with two attached hydrogens (primary N) is 1. The average Bonchev–Trinajstić information content (AvgIpc) is 2.39. The van der Waals surface area contributed by atoms with E-state index in [1.54, 1.807) is 0 Å². The quantitative estimate of drug-likeness (QED) is 0.773. The minimum Gasteiger partial charge on any atom is -0.477 e. The predicted octanol–water partition coefficient (Wildman–Crippen LogP) is -0.124. The number of nitrogens with zero attached hydrogens (tertiary/aromatic N) is 3. The van der Waals surface area contributed by atoms with Crippen LogP contribution in [0.2, 0.25) is 0 Å². The molecule has 1 aromatic heterocycles. The van der Waals surface area contributed by atoms with Crippen LogP contribution < -0.4 is 10.6 Å². The van der Waals surface area contributed by atoms with Crippen molar-refractivity contribution in [3.8, 4) is 0 Å². The summed E-state index contributed by atoms with van der Waals surface area (Å²) < 4.78 is 0. The first-order valence-electron chi connectivity index (χ1n) is 5.68. The molecule has 0 aliphatic carbocycles. The summed E-state index contributed by atoms with van der Waals surface area (Å²) in [6.45, 7) is 1.22. The Morgan fingerprint density at radius 3 is 2.61 bits per heavy atom. The Kier molecular flexibility index (Phi) is 3.40. The number of aromatic carboxylic acids is 1. The van der Waals surface area contributed by atoms with Crippen molar-refractivity contribution in [3.05, 3.63) is 18.0 Å². The summed E-state index contributed by atoms with van der Waals surface area (Å²) in [5.41, 5.74) is 5.22. The molecule has 0 spiro atoms. The Balaban J connectivity index is 2.07. The van der Waals surface area contributed by atoms with E-state index in [1.807, 2.05) is 4.90 Å². The molecular weight excluding hydrogens is 236 g/mol. The van der Waals surface area contributed by atoms with E-state index in [0.29, 0.717) is 31.9 Å². The number of carbonyl (C=O) groups is 2. The molecule has 0 atom stereocenters. The van der Waals surface area contributed by atoms with E-state index < -0.39 is 5.97 Å². The monoisotopic (exact) mass is 250 g/mol. The number of primary amides is 1. The highest BCUT2D eigenvalue weighted by Gasteiger charge is 2.24. The summed E-state index contributed by atoms with van der Waals surface area (Å²) in [6.07, 6.45) is 2.72. The minimum absolute atomic E-state index is 0.0305. The third kappa shape index (κ3) is 2.55.